The predicted octanol–water partition coefficient (Wildman–Crippen LogP) is 2.23. The van der Waals surface area contributed by atoms with Crippen molar-refractivity contribution < 1.29 is 9.53 Å². The van der Waals surface area contributed by atoms with E-state index in [0.717, 1.165) is 6.42 Å². The van der Waals surface area contributed by atoms with Gasteiger partial charge in [0.25, 0.3) is 0 Å². The molecule has 1 aliphatic heterocycles. The number of rotatable bonds is 1. The van der Waals surface area contributed by atoms with Crippen LogP contribution >= 0.6 is 0 Å². The lowest BCUT2D eigenvalue weighted by atomic mass is 9.85. The van der Waals surface area contributed by atoms with Gasteiger partial charge < -0.3 is 4.74 Å². The lowest BCUT2D eigenvalue weighted by Gasteiger charge is -2.34. The maximum absolute atomic E-state index is 11.2. The van der Waals surface area contributed by atoms with E-state index in [0.29, 0.717) is 11.8 Å². The van der Waals surface area contributed by atoms with Crippen LogP contribution in [0.25, 0.3) is 0 Å². The normalized spacial score (nSPS) is 36.8. The van der Waals surface area contributed by atoms with Crippen molar-refractivity contribution in [1.82, 2.24) is 0 Å². The van der Waals surface area contributed by atoms with E-state index in [1.807, 2.05) is 6.92 Å². The van der Waals surface area contributed by atoms with E-state index in [9.17, 15) is 4.79 Å². The molecule has 0 saturated carbocycles. The van der Waals surface area contributed by atoms with E-state index >= 15 is 0 Å². The maximum Gasteiger partial charge on any atom is 0.308 e. The van der Waals surface area contributed by atoms with Crippen molar-refractivity contribution in [3.05, 3.63) is 0 Å². The van der Waals surface area contributed by atoms with Crippen LogP contribution in [0.2, 0.25) is 0 Å². The monoisotopic (exact) mass is 170 g/mol. The number of hydrogen-bond donors (Lipinski definition) is 0. The topological polar surface area (TPSA) is 26.3 Å². The summed E-state index contributed by atoms with van der Waals surface area (Å²) in [7, 11) is 0. The summed E-state index contributed by atoms with van der Waals surface area (Å²) in [5.74, 6) is 1.02. The van der Waals surface area contributed by atoms with Crippen molar-refractivity contribution in [2.75, 3.05) is 0 Å². The third-order valence-electron chi connectivity index (χ3n) is 2.60. The fraction of sp³-hybridized carbons (Fsp3) is 0.900. The molecule has 70 valence electrons. The molecule has 1 rings (SSSR count). The molecule has 3 atom stereocenters. The maximum atomic E-state index is 11.2. The Kier molecular flexibility index (Phi) is 2.76. The fourth-order valence-electron chi connectivity index (χ4n) is 1.95. The molecule has 0 unspecified atom stereocenters. The molecule has 0 bridgehead atoms. The summed E-state index contributed by atoms with van der Waals surface area (Å²) in [6, 6.07) is 0. The van der Waals surface area contributed by atoms with Gasteiger partial charge in [-0.15, -0.1) is 0 Å². The average molecular weight is 170 g/mol. The van der Waals surface area contributed by atoms with Gasteiger partial charge in [0.15, 0.2) is 0 Å². The Bertz CT molecular complexity index is 175. The zero-order chi connectivity index (χ0) is 9.30. The Morgan fingerprint density at radius 2 is 2.00 bits per heavy atom. The average Bonchev–Trinajstić information content (AvgIpc) is 1.96. The van der Waals surface area contributed by atoms with E-state index < -0.39 is 0 Å². The van der Waals surface area contributed by atoms with Crippen LogP contribution in [-0.4, -0.2) is 12.1 Å². The van der Waals surface area contributed by atoms with Crippen molar-refractivity contribution in [2.45, 2.75) is 40.2 Å². The highest BCUT2D eigenvalue weighted by Crippen LogP contribution is 2.29. The van der Waals surface area contributed by atoms with Gasteiger partial charge in [0, 0.05) is 0 Å². The zero-order valence-electron chi connectivity index (χ0n) is 8.33. The lowest BCUT2D eigenvalue weighted by molar-refractivity contribution is -0.167. The largest absolute Gasteiger partial charge is 0.462 e. The SMILES string of the molecule is CC(C)[C@H]1OC(=O)[C@H](C)C[C@@H]1C. The van der Waals surface area contributed by atoms with Crippen LogP contribution in [0.15, 0.2) is 0 Å². The lowest BCUT2D eigenvalue weighted by Crippen LogP contribution is -2.38. The van der Waals surface area contributed by atoms with Crippen molar-refractivity contribution in [1.29, 1.82) is 0 Å². The molecule has 0 aromatic rings. The van der Waals surface area contributed by atoms with Gasteiger partial charge >= 0.3 is 5.97 Å². The minimum atomic E-state index is -0.0215. The highest BCUT2D eigenvalue weighted by Gasteiger charge is 2.34. The summed E-state index contributed by atoms with van der Waals surface area (Å²) in [5, 5.41) is 0. The van der Waals surface area contributed by atoms with Crippen LogP contribution < -0.4 is 0 Å². The first-order chi connectivity index (χ1) is 5.52. The Balaban J connectivity index is 2.61. The molecule has 0 aromatic carbocycles. The van der Waals surface area contributed by atoms with Crippen LogP contribution in [-0.2, 0) is 9.53 Å². The summed E-state index contributed by atoms with van der Waals surface area (Å²) >= 11 is 0. The van der Waals surface area contributed by atoms with Crippen LogP contribution in [0.5, 0.6) is 0 Å². The van der Waals surface area contributed by atoms with E-state index in [-0.39, 0.29) is 18.0 Å². The van der Waals surface area contributed by atoms with E-state index in [2.05, 4.69) is 20.8 Å². The Morgan fingerprint density at radius 1 is 1.42 bits per heavy atom. The van der Waals surface area contributed by atoms with E-state index in [1.165, 1.54) is 0 Å². The highest BCUT2D eigenvalue weighted by molar-refractivity contribution is 5.73. The van der Waals surface area contributed by atoms with Gasteiger partial charge in [0.05, 0.1) is 5.92 Å². The van der Waals surface area contributed by atoms with Gasteiger partial charge in [-0.25, -0.2) is 0 Å². The fourth-order valence-corrected chi connectivity index (χ4v) is 1.95. The molecule has 2 nitrogen and oxygen atoms in total. The second-order valence-electron chi connectivity index (χ2n) is 4.26. The summed E-state index contributed by atoms with van der Waals surface area (Å²) in [6.07, 6.45) is 1.11. The smallest absolute Gasteiger partial charge is 0.308 e. The summed E-state index contributed by atoms with van der Waals surface area (Å²) in [6.45, 7) is 8.30. The van der Waals surface area contributed by atoms with Gasteiger partial charge in [0.2, 0.25) is 0 Å². The number of esters is 1. The Hall–Kier alpha value is -0.530. The third kappa shape index (κ3) is 1.79. The first kappa shape index (κ1) is 9.56. The van der Waals surface area contributed by atoms with Crippen LogP contribution in [0.3, 0.4) is 0 Å². The Labute approximate surface area is 74.3 Å². The van der Waals surface area contributed by atoms with Crippen molar-refractivity contribution in [2.24, 2.45) is 17.8 Å². The molecule has 1 heterocycles. The van der Waals surface area contributed by atoms with Gasteiger partial charge in [-0.2, -0.15) is 0 Å². The van der Waals surface area contributed by atoms with Gasteiger partial charge in [-0.3, -0.25) is 4.79 Å². The molecule has 0 spiro atoms. The van der Waals surface area contributed by atoms with Gasteiger partial charge in [-0.1, -0.05) is 27.7 Å². The van der Waals surface area contributed by atoms with Crippen LogP contribution in [0, 0.1) is 17.8 Å². The number of cyclic esters (lactones) is 1. The molecule has 12 heavy (non-hydrogen) atoms. The van der Waals surface area contributed by atoms with Crippen LogP contribution in [0.4, 0.5) is 0 Å². The second kappa shape index (κ2) is 3.46. The molecule has 0 amide bonds. The van der Waals surface area contributed by atoms with Crippen molar-refractivity contribution in [3.63, 3.8) is 0 Å². The van der Waals surface area contributed by atoms with E-state index in [4.69, 9.17) is 4.74 Å². The first-order valence-electron chi connectivity index (χ1n) is 4.73. The van der Waals surface area contributed by atoms with E-state index in [1.54, 1.807) is 0 Å². The minimum Gasteiger partial charge on any atom is -0.462 e. The number of hydrogen-bond acceptors (Lipinski definition) is 2. The summed E-state index contributed by atoms with van der Waals surface area (Å²) in [5.41, 5.74) is 0. The molecule has 0 aliphatic carbocycles. The van der Waals surface area contributed by atoms with Gasteiger partial charge in [-0.05, 0) is 18.3 Å². The first-order valence-corrected chi connectivity index (χ1v) is 4.73. The minimum absolute atomic E-state index is 0.0215. The molecular formula is C10H18O2. The van der Waals surface area contributed by atoms with Crippen LogP contribution in [0.1, 0.15) is 34.1 Å². The number of carbonyl (C=O) groups excluding carboxylic acids is 1. The summed E-state index contributed by atoms with van der Waals surface area (Å²) < 4.78 is 5.33. The molecule has 2 heteroatoms. The van der Waals surface area contributed by atoms with Crippen molar-refractivity contribution in [3.8, 4) is 0 Å². The Morgan fingerprint density at radius 3 is 2.50 bits per heavy atom. The third-order valence-corrected chi connectivity index (χ3v) is 2.60. The number of ether oxygens (including phenoxy) is 1. The second-order valence-corrected chi connectivity index (χ2v) is 4.26. The zero-order valence-corrected chi connectivity index (χ0v) is 8.33. The molecule has 0 N–H and O–H groups in total. The molecular weight excluding hydrogens is 152 g/mol. The molecule has 1 aliphatic rings. The quantitative estimate of drug-likeness (QED) is 0.564. The molecule has 1 saturated heterocycles. The van der Waals surface area contributed by atoms with Crippen molar-refractivity contribution >= 4 is 5.97 Å². The molecule has 1 fully saturated rings. The highest BCUT2D eigenvalue weighted by atomic mass is 16.5. The predicted molar refractivity (Wildman–Crippen MR) is 47.7 cm³/mol. The summed E-state index contributed by atoms with van der Waals surface area (Å²) in [4.78, 5) is 11.2. The molecule has 0 aromatic heterocycles. The van der Waals surface area contributed by atoms with Gasteiger partial charge in [0.1, 0.15) is 6.10 Å². The number of carbonyl (C=O) groups is 1. The standard InChI is InChI=1S/C10H18O2/c1-6(2)9-7(3)5-8(4)10(11)12-9/h6-9H,5H2,1-4H3/t7-,8+,9+/m0/s1. The molecule has 0 radical (unpaired) electrons.